The lowest BCUT2D eigenvalue weighted by Crippen LogP contribution is -2.39. The highest BCUT2D eigenvalue weighted by molar-refractivity contribution is 5.90. The summed E-state index contributed by atoms with van der Waals surface area (Å²) in [6.07, 6.45) is 4.64. The molecule has 4 aromatic rings. The summed E-state index contributed by atoms with van der Waals surface area (Å²) in [5.41, 5.74) is 5.52. The van der Waals surface area contributed by atoms with Gasteiger partial charge in [-0.05, 0) is 62.6 Å². The number of hydrogen-bond donors (Lipinski definition) is 0. The Kier molecular flexibility index (Phi) is 5.71. The Bertz CT molecular complexity index is 1460. The maximum atomic E-state index is 12.4. The summed E-state index contributed by atoms with van der Waals surface area (Å²) < 4.78 is 12.9. The van der Waals surface area contributed by atoms with Crippen molar-refractivity contribution in [3.63, 3.8) is 0 Å². The molecule has 7 heteroatoms. The fourth-order valence-corrected chi connectivity index (χ4v) is 4.44. The van der Waals surface area contributed by atoms with Gasteiger partial charge in [0.15, 0.2) is 0 Å². The molecule has 0 unspecified atom stereocenters. The zero-order valence-electron chi connectivity index (χ0n) is 20.8. The molecule has 35 heavy (non-hydrogen) atoms. The molecule has 1 aliphatic heterocycles. The normalized spacial score (nSPS) is 14.3. The molecule has 0 spiro atoms. The molecule has 7 nitrogen and oxygen atoms in total. The number of pyridine rings is 1. The highest BCUT2D eigenvalue weighted by atomic mass is 16.6. The molecule has 2 aromatic carbocycles. The Labute approximate surface area is 205 Å². The van der Waals surface area contributed by atoms with Crippen LogP contribution in [0.2, 0.25) is 0 Å². The number of ether oxygens (including phenoxy) is 2. The van der Waals surface area contributed by atoms with Gasteiger partial charge in [0.25, 0.3) is 0 Å². The van der Waals surface area contributed by atoms with Gasteiger partial charge in [-0.25, -0.2) is 9.78 Å². The van der Waals surface area contributed by atoms with Crippen LogP contribution in [0, 0.1) is 0 Å². The fraction of sp³-hybridized carbons (Fsp3) is 0.321. The minimum Gasteiger partial charge on any atom is -0.496 e. The van der Waals surface area contributed by atoms with Gasteiger partial charge >= 0.3 is 6.09 Å². The van der Waals surface area contributed by atoms with Crippen LogP contribution in [0.1, 0.15) is 32.8 Å². The van der Waals surface area contributed by atoms with Gasteiger partial charge in [0.05, 0.1) is 23.8 Å². The second-order valence-corrected chi connectivity index (χ2v) is 9.92. The van der Waals surface area contributed by atoms with Crippen molar-refractivity contribution >= 4 is 33.5 Å². The molecule has 0 atom stereocenters. The molecule has 3 heterocycles. The molecular weight excluding hydrogens is 440 g/mol. The zero-order chi connectivity index (χ0) is 24.7. The molecular formula is C28H30N4O3. The molecule has 0 N–H and O–H groups in total. The van der Waals surface area contributed by atoms with Crippen molar-refractivity contribution < 1.29 is 14.3 Å². The van der Waals surface area contributed by atoms with Gasteiger partial charge in [0.1, 0.15) is 11.4 Å². The summed E-state index contributed by atoms with van der Waals surface area (Å²) in [5.74, 6) is 0.751. The van der Waals surface area contributed by atoms with Gasteiger partial charge in [0.2, 0.25) is 0 Å². The largest absolute Gasteiger partial charge is 0.496 e. The fourth-order valence-electron chi connectivity index (χ4n) is 4.44. The van der Waals surface area contributed by atoms with Crippen molar-refractivity contribution in [2.75, 3.05) is 20.2 Å². The van der Waals surface area contributed by atoms with Crippen LogP contribution < -0.4 is 4.74 Å². The quantitative estimate of drug-likeness (QED) is 0.377. The van der Waals surface area contributed by atoms with Gasteiger partial charge in [-0.15, -0.1) is 0 Å². The molecule has 180 valence electrons. The third-order valence-electron chi connectivity index (χ3n) is 6.14. The topological polar surface area (TPSA) is 69.5 Å². The molecule has 0 fully saturated rings. The number of methoxy groups -OCH3 is 1. The lowest BCUT2D eigenvalue weighted by Gasteiger charge is -2.29. The van der Waals surface area contributed by atoms with Crippen LogP contribution in [0.4, 0.5) is 4.79 Å². The Hall–Kier alpha value is -3.87. The number of aromatic nitrogens is 3. The van der Waals surface area contributed by atoms with Gasteiger partial charge < -0.3 is 14.4 Å². The van der Waals surface area contributed by atoms with E-state index in [1.54, 1.807) is 16.7 Å². The van der Waals surface area contributed by atoms with E-state index < -0.39 is 5.60 Å². The summed E-state index contributed by atoms with van der Waals surface area (Å²) in [6, 6.07) is 14.5. The van der Waals surface area contributed by atoms with E-state index in [4.69, 9.17) is 14.5 Å². The lowest BCUT2D eigenvalue weighted by molar-refractivity contribution is 0.0270. The van der Waals surface area contributed by atoms with E-state index in [9.17, 15) is 4.79 Å². The second-order valence-electron chi connectivity index (χ2n) is 9.92. The standard InChI is InChI=1S/C28H30N4O3/c1-28(2,3)35-27(33)32-12-10-18(11-13-32)19-6-8-23-20(14-19)7-9-24(29-23)22-15-21-17-31(4)30-25(21)16-26(22)34-5/h6-10,14-17H,11-13H2,1-5H3. The number of hydrogen-bond acceptors (Lipinski definition) is 5. The Morgan fingerprint density at radius 3 is 2.57 bits per heavy atom. The third kappa shape index (κ3) is 4.71. The number of fused-ring (bicyclic) bond motifs is 2. The highest BCUT2D eigenvalue weighted by Crippen LogP contribution is 2.34. The van der Waals surface area contributed by atoms with E-state index in [0.717, 1.165) is 50.8 Å². The van der Waals surface area contributed by atoms with Crippen molar-refractivity contribution in [1.29, 1.82) is 0 Å². The van der Waals surface area contributed by atoms with Crippen molar-refractivity contribution in [2.24, 2.45) is 7.05 Å². The van der Waals surface area contributed by atoms with Crippen LogP contribution in [-0.2, 0) is 11.8 Å². The van der Waals surface area contributed by atoms with Crippen molar-refractivity contribution in [3.8, 4) is 17.0 Å². The highest BCUT2D eigenvalue weighted by Gasteiger charge is 2.24. The Morgan fingerprint density at radius 2 is 1.86 bits per heavy atom. The van der Waals surface area contributed by atoms with Crippen LogP contribution in [0.25, 0.3) is 38.6 Å². The van der Waals surface area contributed by atoms with Gasteiger partial charge in [-0.1, -0.05) is 18.2 Å². The van der Waals surface area contributed by atoms with E-state index >= 15 is 0 Å². The average molecular weight is 471 g/mol. The first-order valence-electron chi connectivity index (χ1n) is 11.8. The second kappa shape index (κ2) is 8.73. The van der Waals surface area contributed by atoms with Crippen molar-refractivity contribution in [2.45, 2.75) is 32.8 Å². The van der Waals surface area contributed by atoms with Gasteiger partial charge in [-0.2, -0.15) is 5.10 Å². The zero-order valence-corrected chi connectivity index (χ0v) is 20.8. The van der Waals surface area contributed by atoms with Crippen LogP contribution in [0.15, 0.2) is 54.7 Å². The molecule has 0 saturated heterocycles. The molecule has 0 aliphatic carbocycles. The number of rotatable bonds is 3. The SMILES string of the molecule is COc1cc2nn(C)cc2cc1-c1ccc2cc(C3=CCN(C(=O)OC(C)(C)C)CC3)ccc2n1. The summed E-state index contributed by atoms with van der Waals surface area (Å²) >= 11 is 0. The minimum atomic E-state index is -0.487. The average Bonchev–Trinajstić information content (AvgIpc) is 3.20. The number of carbonyl (C=O) groups is 1. The predicted octanol–water partition coefficient (Wildman–Crippen LogP) is 5.82. The molecule has 5 rings (SSSR count). The first-order valence-corrected chi connectivity index (χ1v) is 11.8. The first kappa shape index (κ1) is 22.9. The maximum Gasteiger partial charge on any atom is 0.410 e. The minimum absolute atomic E-state index is 0.261. The molecule has 0 radical (unpaired) electrons. The summed E-state index contributed by atoms with van der Waals surface area (Å²) in [4.78, 5) is 19.0. The van der Waals surface area contributed by atoms with E-state index in [1.807, 2.05) is 46.1 Å². The first-order chi connectivity index (χ1) is 16.7. The monoisotopic (exact) mass is 470 g/mol. The number of nitrogens with zero attached hydrogens (tertiary/aromatic N) is 4. The van der Waals surface area contributed by atoms with Crippen LogP contribution in [0.5, 0.6) is 5.75 Å². The van der Waals surface area contributed by atoms with Gasteiger partial charge in [0, 0.05) is 48.7 Å². The van der Waals surface area contributed by atoms with E-state index in [1.165, 1.54) is 5.57 Å². The Morgan fingerprint density at radius 1 is 1.03 bits per heavy atom. The summed E-state index contributed by atoms with van der Waals surface area (Å²) in [6.45, 7) is 6.86. The maximum absolute atomic E-state index is 12.4. The molecule has 0 saturated carbocycles. The van der Waals surface area contributed by atoms with Crippen molar-refractivity contribution in [3.05, 3.63) is 60.3 Å². The van der Waals surface area contributed by atoms with Crippen LogP contribution >= 0.6 is 0 Å². The molecule has 1 aliphatic rings. The summed E-state index contributed by atoms with van der Waals surface area (Å²) in [5, 5.41) is 6.59. The van der Waals surface area contributed by atoms with Gasteiger partial charge in [-0.3, -0.25) is 4.68 Å². The van der Waals surface area contributed by atoms with E-state index in [2.05, 4.69) is 41.5 Å². The lowest BCUT2D eigenvalue weighted by atomic mass is 9.97. The van der Waals surface area contributed by atoms with E-state index in [0.29, 0.717) is 13.1 Å². The van der Waals surface area contributed by atoms with Crippen LogP contribution in [0.3, 0.4) is 0 Å². The molecule has 0 bridgehead atoms. The van der Waals surface area contributed by atoms with E-state index in [-0.39, 0.29) is 6.09 Å². The number of benzene rings is 2. The molecule has 1 amide bonds. The Balaban J connectivity index is 1.40. The smallest absolute Gasteiger partial charge is 0.410 e. The van der Waals surface area contributed by atoms with Crippen molar-refractivity contribution in [1.82, 2.24) is 19.7 Å². The predicted molar refractivity (Wildman–Crippen MR) is 138 cm³/mol. The molecule has 2 aromatic heterocycles. The number of carbonyl (C=O) groups excluding carboxylic acids is 1. The van der Waals surface area contributed by atoms with Crippen LogP contribution in [-0.4, -0.2) is 51.6 Å². The summed E-state index contributed by atoms with van der Waals surface area (Å²) in [7, 11) is 3.58. The third-order valence-corrected chi connectivity index (χ3v) is 6.14. The number of aryl methyl sites for hydroxylation is 1. The number of amides is 1.